The Morgan fingerprint density at radius 3 is 2.03 bits per heavy atom. The summed E-state index contributed by atoms with van der Waals surface area (Å²) < 4.78 is 5.83. The largest absolute Gasteiger partial charge is 0.483 e. The summed E-state index contributed by atoms with van der Waals surface area (Å²) in [7, 11) is 0. The van der Waals surface area contributed by atoms with E-state index in [-0.39, 0.29) is 29.0 Å². The molecule has 5 rings (SSSR count). The maximum Gasteiger partial charge on any atom is 0.255 e. The van der Waals surface area contributed by atoms with E-state index in [0.29, 0.717) is 59.7 Å². The number of allylic oxidation sites excluding steroid dienone is 4. The highest BCUT2D eigenvalue weighted by molar-refractivity contribution is 6.30. The summed E-state index contributed by atoms with van der Waals surface area (Å²) in [4.78, 5) is 41.9. The van der Waals surface area contributed by atoms with Crippen LogP contribution in [-0.2, 0) is 20.9 Å². The van der Waals surface area contributed by atoms with Crippen LogP contribution in [0, 0.1) is 10.8 Å². The van der Waals surface area contributed by atoms with Crippen molar-refractivity contribution in [1.29, 1.82) is 0 Å². The Bertz CT molecular complexity index is 1370. The SMILES string of the molecule is CC1(C)CC(=O)C2=C(C1)N(Cc1ccccc1)C1=C(C(=O)CC(C)(C)C1)C2c1cc(Cl)ccc1OCC(N)=O. The van der Waals surface area contributed by atoms with E-state index in [2.05, 4.69) is 44.7 Å². The molecule has 0 radical (unpaired) electrons. The predicted octanol–water partition coefficient (Wildman–Crippen LogP) is 6.09. The van der Waals surface area contributed by atoms with Gasteiger partial charge in [0.15, 0.2) is 18.2 Å². The molecule has 3 aliphatic rings. The first kappa shape index (κ1) is 27.2. The van der Waals surface area contributed by atoms with Crippen molar-refractivity contribution in [1.82, 2.24) is 4.90 Å². The van der Waals surface area contributed by atoms with Crippen molar-refractivity contribution < 1.29 is 19.1 Å². The zero-order valence-electron chi connectivity index (χ0n) is 23.0. The second-order valence-corrected chi connectivity index (χ2v) is 13.0. The van der Waals surface area contributed by atoms with Crippen LogP contribution in [0.25, 0.3) is 0 Å². The van der Waals surface area contributed by atoms with E-state index in [1.165, 1.54) is 0 Å². The Hall–Kier alpha value is -3.38. The third-order valence-electron chi connectivity index (χ3n) is 7.86. The van der Waals surface area contributed by atoms with Gasteiger partial charge in [-0.2, -0.15) is 0 Å². The summed E-state index contributed by atoms with van der Waals surface area (Å²) in [6.45, 7) is 8.71. The first-order valence-corrected chi connectivity index (χ1v) is 13.8. The number of nitrogens with two attached hydrogens (primary N) is 1. The van der Waals surface area contributed by atoms with Gasteiger partial charge >= 0.3 is 0 Å². The van der Waals surface area contributed by atoms with Gasteiger partial charge in [-0.3, -0.25) is 14.4 Å². The molecule has 39 heavy (non-hydrogen) atoms. The molecule has 0 fully saturated rings. The first-order valence-electron chi connectivity index (χ1n) is 13.4. The van der Waals surface area contributed by atoms with Crippen LogP contribution in [0.1, 0.15) is 70.4 Å². The molecule has 2 N–H and O–H groups in total. The molecule has 2 aliphatic carbocycles. The highest BCUT2D eigenvalue weighted by Gasteiger charge is 2.49. The van der Waals surface area contributed by atoms with Crippen molar-refractivity contribution in [2.75, 3.05) is 6.61 Å². The van der Waals surface area contributed by atoms with Gasteiger partial charge in [0.1, 0.15) is 5.75 Å². The zero-order chi connectivity index (χ0) is 28.1. The van der Waals surface area contributed by atoms with Gasteiger partial charge in [0.25, 0.3) is 5.91 Å². The highest BCUT2D eigenvalue weighted by Crippen LogP contribution is 2.56. The molecule has 2 aromatic carbocycles. The molecule has 0 aromatic heterocycles. The summed E-state index contributed by atoms with van der Waals surface area (Å²) in [6.07, 6.45) is 2.14. The van der Waals surface area contributed by atoms with Crippen LogP contribution in [0.2, 0.25) is 5.02 Å². The molecule has 0 atom stereocenters. The van der Waals surface area contributed by atoms with Gasteiger partial charge in [-0.15, -0.1) is 0 Å². The van der Waals surface area contributed by atoms with Gasteiger partial charge < -0.3 is 15.4 Å². The number of carbonyl (C=O) groups excluding carboxylic acids is 3. The van der Waals surface area contributed by atoms with E-state index < -0.39 is 11.8 Å². The Labute approximate surface area is 234 Å². The van der Waals surface area contributed by atoms with Crippen molar-refractivity contribution in [2.24, 2.45) is 16.6 Å². The molecule has 0 saturated carbocycles. The zero-order valence-corrected chi connectivity index (χ0v) is 23.7. The lowest BCUT2D eigenvalue weighted by Crippen LogP contribution is -2.44. The van der Waals surface area contributed by atoms with Crippen LogP contribution >= 0.6 is 11.6 Å². The summed E-state index contributed by atoms with van der Waals surface area (Å²) in [6, 6.07) is 15.3. The predicted molar refractivity (Wildman–Crippen MR) is 151 cm³/mol. The molecule has 6 nitrogen and oxygen atoms in total. The molecule has 2 aromatic rings. The standard InChI is InChI=1S/C32H35ClN2O4/c1-31(2)13-22-29(24(36)15-31)28(21-12-20(33)10-11-26(21)39-18-27(34)38)30-23(14-32(3,4)16-25(30)37)35(22)17-19-8-6-5-7-9-19/h5-12,28H,13-18H2,1-4H3,(H2,34,38). The lowest BCUT2D eigenvalue weighted by atomic mass is 9.63. The number of nitrogens with zero attached hydrogens (tertiary/aromatic N) is 1. The fourth-order valence-corrected chi connectivity index (χ4v) is 6.52. The highest BCUT2D eigenvalue weighted by atomic mass is 35.5. The molecule has 1 aliphatic heterocycles. The van der Waals surface area contributed by atoms with Crippen molar-refractivity contribution in [3.63, 3.8) is 0 Å². The number of benzene rings is 2. The van der Waals surface area contributed by atoms with E-state index in [1.54, 1.807) is 18.2 Å². The van der Waals surface area contributed by atoms with Crippen LogP contribution in [0.3, 0.4) is 0 Å². The Kier molecular flexibility index (Phi) is 6.96. The number of primary amides is 1. The molecule has 0 bridgehead atoms. The fraction of sp³-hybridized carbons (Fsp3) is 0.406. The Morgan fingerprint density at radius 2 is 1.49 bits per heavy atom. The summed E-state index contributed by atoms with van der Waals surface area (Å²) in [5.41, 5.74) is 9.80. The first-order chi connectivity index (χ1) is 18.3. The van der Waals surface area contributed by atoms with Crippen LogP contribution in [0.5, 0.6) is 5.75 Å². The van der Waals surface area contributed by atoms with E-state index in [0.717, 1.165) is 17.0 Å². The average Bonchev–Trinajstić information content (AvgIpc) is 2.83. The monoisotopic (exact) mass is 546 g/mol. The van der Waals surface area contributed by atoms with Crippen molar-refractivity contribution in [2.45, 2.75) is 65.8 Å². The number of amides is 1. The molecule has 1 amide bonds. The number of Topliss-reactive ketones (excluding diaryl/α,β-unsaturated/α-hetero) is 2. The third kappa shape index (κ3) is 5.40. The number of hydrogen-bond donors (Lipinski definition) is 1. The Morgan fingerprint density at radius 1 is 0.923 bits per heavy atom. The molecule has 1 heterocycles. The molecular weight excluding hydrogens is 512 g/mol. The number of hydrogen-bond acceptors (Lipinski definition) is 5. The minimum absolute atomic E-state index is 0.0225. The normalized spacial score (nSPS) is 20.6. The van der Waals surface area contributed by atoms with Crippen LogP contribution in [0.15, 0.2) is 71.1 Å². The van der Waals surface area contributed by atoms with Gasteiger partial charge in [-0.05, 0) is 47.4 Å². The lowest BCUT2D eigenvalue weighted by molar-refractivity contribution is -0.121. The van der Waals surface area contributed by atoms with E-state index in [1.807, 2.05) is 18.2 Å². The second kappa shape index (κ2) is 9.98. The molecular formula is C32H35ClN2O4. The van der Waals surface area contributed by atoms with Crippen molar-refractivity contribution in [3.8, 4) is 5.75 Å². The molecule has 0 unspecified atom stereocenters. The van der Waals surface area contributed by atoms with Crippen molar-refractivity contribution in [3.05, 3.63) is 87.2 Å². The summed E-state index contributed by atoms with van der Waals surface area (Å²) in [5.74, 6) is -0.799. The molecule has 0 saturated heterocycles. The lowest BCUT2D eigenvalue weighted by Gasteiger charge is -2.49. The molecule has 0 spiro atoms. The van der Waals surface area contributed by atoms with Gasteiger partial charge in [-0.25, -0.2) is 0 Å². The van der Waals surface area contributed by atoms with Gasteiger partial charge in [-0.1, -0.05) is 69.6 Å². The van der Waals surface area contributed by atoms with Gasteiger partial charge in [0.2, 0.25) is 0 Å². The minimum atomic E-state index is -0.629. The smallest absolute Gasteiger partial charge is 0.255 e. The van der Waals surface area contributed by atoms with Crippen LogP contribution in [-0.4, -0.2) is 29.0 Å². The maximum absolute atomic E-state index is 14.0. The van der Waals surface area contributed by atoms with E-state index in [4.69, 9.17) is 22.1 Å². The third-order valence-corrected chi connectivity index (χ3v) is 8.09. The summed E-state index contributed by atoms with van der Waals surface area (Å²) in [5, 5.41) is 0.458. The number of carbonyl (C=O) groups is 3. The number of rotatable bonds is 6. The Balaban J connectivity index is 1.78. The number of ether oxygens (including phenoxy) is 1. The van der Waals surface area contributed by atoms with Gasteiger partial charge in [0, 0.05) is 58.4 Å². The average molecular weight is 547 g/mol. The van der Waals surface area contributed by atoms with Crippen molar-refractivity contribution >= 4 is 29.1 Å². The molecule has 7 heteroatoms. The van der Waals surface area contributed by atoms with Crippen LogP contribution in [0.4, 0.5) is 0 Å². The second-order valence-electron chi connectivity index (χ2n) is 12.5. The van der Waals surface area contributed by atoms with E-state index in [9.17, 15) is 14.4 Å². The van der Waals surface area contributed by atoms with E-state index >= 15 is 0 Å². The fourth-order valence-electron chi connectivity index (χ4n) is 6.34. The minimum Gasteiger partial charge on any atom is -0.483 e. The number of halogens is 1. The van der Waals surface area contributed by atoms with Crippen LogP contribution < -0.4 is 10.5 Å². The quantitative estimate of drug-likeness (QED) is 0.473. The summed E-state index contributed by atoms with van der Waals surface area (Å²) >= 11 is 6.49. The maximum atomic E-state index is 14.0. The number of ketones is 2. The van der Waals surface area contributed by atoms with Gasteiger partial charge in [0.05, 0.1) is 0 Å². The molecule has 204 valence electrons. The topological polar surface area (TPSA) is 89.7 Å².